The van der Waals surface area contributed by atoms with Crippen molar-refractivity contribution in [2.75, 3.05) is 12.7 Å². The van der Waals surface area contributed by atoms with Crippen LogP contribution in [0.2, 0.25) is 0 Å². The van der Waals surface area contributed by atoms with Gasteiger partial charge in [-0.1, -0.05) is 30.3 Å². The van der Waals surface area contributed by atoms with E-state index in [0.29, 0.717) is 12.7 Å². The van der Waals surface area contributed by atoms with E-state index in [1.54, 1.807) is 0 Å². The Balaban J connectivity index is 2.22. The van der Waals surface area contributed by atoms with E-state index in [9.17, 15) is 9.79 Å². The van der Waals surface area contributed by atoms with Gasteiger partial charge in [-0.25, -0.2) is 9.79 Å². The SMILES string of the molecule is CCN=C[P+](O)(O)CCCCc1ccccc1. The summed E-state index contributed by atoms with van der Waals surface area (Å²) in [6.45, 7) is 2.48. The first-order valence-electron chi connectivity index (χ1n) is 6.02. The lowest BCUT2D eigenvalue weighted by Gasteiger charge is -2.06. The van der Waals surface area contributed by atoms with Crippen molar-refractivity contribution in [2.24, 2.45) is 4.99 Å². The lowest BCUT2D eigenvalue weighted by molar-refractivity contribution is 0.466. The Morgan fingerprint density at radius 3 is 2.53 bits per heavy atom. The summed E-state index contributed by atoms with van der Waals surface area (Å²) in [5.74, 6) is 1.34. The fourth-order valence-corrected chi connectivity index (χ4v) is 2.82. The fraction of sp³-hybridized carbons (Fsp3) is 0.462. The molecule has 3 nitrogen and oxygen atoms in total. The predicted octanol–water partition coefficient (Wildman–Crippen LogP) is 2.89. The van der Waals surface area contributed by atoms with E-state index in [0.717, 1.165) is 19.3 Å². The Bertz CT molecular complexity index is 339. The van der Waals surface area contributed by atoms with Crippen LogP contribution in [0.25, 0.3) is 0 Å². The molecule has 17 heavy (non-hydrogen) atoms. The van der Waals surface area contributed by atoms with E-state index >= 15 is 0 Å². The van der Waals surface area contributed by atoms with Gasteiger partial charge in [-0.2, -0.15) is 0 Å². The molecule has 0 heterocycles. The second kappa shape index (κ2) is 7.54. The lowest BCUT2D eigenvalue weighted by atomic mass is 10.1. The van der Waals surface area contributed by atoms with Crippen LogP contribution in [0.3, 0.4) is 0 Å². The highest BCUT2D eigenvalue weighted by molar-refractivity contribution is 7.79. The van der Waals surface area contributed by atoms with Crippen LogP contribution in [0.15, 0.2) is 35.3 Å². The largest absolute Gasteiger partial charge is 0.310 e. The van der Waals surface area contributed by atoms with Gasteiger partial charge in [-0.05, 0) is 31.7 Å². The van der Waals surface area contributed by atoms with Gasteiger partial charge >= 0.3 is 7.72 Å². The smallest absolute Gasteiger partial charge is 0.254 e. The summed E-state index contributed by atoms with van der Waals surface area (Å²) in [4.78, 5) is 23.2. The number of benzene rings is 1. The van der Waals surface area contributed by atoms with Crippen LogP contribution in [0.4, 0.5) is 0 Å². The molecule has 0 amide bonds. The zero-order valence-electron chi connectivity index (χ0n) is 10.3. The van der Waals surface area contributed by atoms with Gasteiger partial charge in [0.2, 0.25) is 5.96 Å². The Kier molecular flexibility index (Phi) is 6.35. The molecule has 2 N–H and O–H groups in total. The second-order valence-corrected chi connectivity index (χ2v) is 6.32. The molecule has 0 aliphatic rings. The van der Waals surface area contributed by atoms with Crippen LogP contribution < -0.4 is 0 Å². The first-order chi connectivity index (χ1) is 8.14. The van der Waals surface area contributed by atoms with Crippen molar-refractivity contribution in [1.82, 2.24) is 0 Å². The van der Waals surface area contributed by atoms with Crippen LogP contribution >= 0.6 is 7.72 Å². The third-order valence-electron chi connectivity index (χ3n) is 2.49. The van der Waals surface area contributed by atoms with Crippen LogP contribution in [0.5, 0.6) is 0 Å². The highest BCUT2D eigenvalue weighted by Gasteiger charge is 2.29. The molecule has 0 saturated heterocycles. The summed E-state index contributed by atoms with van der Waals surface area (Å²) in [5.41, 5.74) is 1.30. The van der Waals surface area contributed by atoms with Crippen molar-refractivity contribution in [3.63, 3.8) is 0 Å². The summed E-state index contributed by atoms with van der Waals surface area (Å²) >= 11 is 0. The number of aryl methyl sites for hydroxylation is 1. The van der Waals surface area contributed by atoms with Gasteiger partial charge in [0.25, 0.3) is 0 Å². The Morgan fingerprint density at radius 1 is 1.18 bits per heavy atom. The summed E-state index contributed by atoms with van der Waals surface area (Å²) in [6.07, 6.45) is 3.24. The first kappa shape index (κ1) is 14.3. The molecule has 0 bridgehead atoms. The molecule has 0 saturated carbocycles. The minimum atomic E-state index is -2.87. The third-order valence-corrected chi connectivity index (χ3v) is 4.00. The Morgan fingerprint density at radius 2 is 1.88 bits per heavy atom. The van der Waals surface area contributed by atoms with E-state index in [2.05, 4.69) is 17.1 Å². The van der Waals surface area contributed by atoms with Crippen LogP contribution in [0, 0.1) is 0 Å². The molecule has 0 aromatic heterocycles. The molecule has 0 aliphatic heterocycles. The van der Waals surface area contributed by atoms with Gasteiger partial charge in [0.15, 0.2) is 0 Å². The zero-order chi connectivity index (χ0) is 12.6. The summed E-state index contributed by atoms with van der Waals surface area (Å²) in [7, 11) is -2.87. The van der Waals surface area contributed by atoms with E-state index in [1.807, 2.05) is 25.1 Å². The number of rotatable bonds is 7. The molecule has 1 aromatic carbocycles. The lowest BCUT2D eigenvalue weighted by Crippen LogP contribution is -1.99. The quantitative estimate of drug-likeness (QED) is 0.446. The maximum absolute atomic E-state index is 9.66. The molecular formula is C13H21NO2P+. The van der Waals surface area contributed by atoms with Gasteiger partial charge in [0, 0.05) is 6.54 Å². The van der Waals surface area contributed by atoms with E-state index in [-0.39, 0.29) is 0 Å². The summed E-state index contributed by atoms with van der Waals surface area (Å²) < 4.78 is 0. The highest BCUT2D eigenvalue weighted by Crippen LogP contribution is 2.47. The standard InChI is InChI=1S/C13H21NO2P/c1-2-14-12-17(15,16)11-7-6-10-13-8-4-3-5-9-13/h3-5,8-9,12,15-16H,2,6-7,10-11H2,1H3/q+1. The molecule has 0 aliphatic carbocycles. The number of nitrogens with zero attached hydrogens (tertiary/aromatic N) is 1. The van der Waals surface area contributed by atoms with Crippen LogP contribution in [-0.4, -0.2) is 28.4 Å². The van der Waals surface area contributed by atoms with Gasteiger partial charge in [0.05, 0.1) is 0 Å². The molecule has 1 aromatic rings. The maximum atomic E-state index is 9.66. The molecule has 4 heteroatoms. The normalized spacial score (nSPS) is 12.2. The maximum Gasteiger partial charge on any atom is 0.310 e. The molecule has 94 valence electrons. The topological polar surface area (TPSA) is 52.8 Å². The minimum Gasteiger partial charge on any atom is -0.254 e. The molecule has 0 fully saturated rings. The minimum absolute atomic E-state index is 0.448. The van der Waals surface area contributed by atoms with E-state index in [4.69, 9.17) is 0 Å². The average molecular weight is 254 g/mol. The van der Waals surface area contributed by atoms with Gasteiger partial charge < -0.3 is 0 Å². The Labute approximate surface area is 104 Å². The van der Waals surface area contributed by atoms with Crippen molar-refractivity contribution in [1.29, 1.82) is 0 Å². The second-order valence-electron chi connectivity index (χ2n) is 4.07. The average Bonchev–Trinajstić information content (AvgIpc) is 2.34. The fourth-order valence-electron chi connectivity index (χ4n) is 1.59. The number of hydrogen-bond acceptors (Lipinski definition) is 3. The molecular weight excluding hydrogens is 233 g/mol. The highest BCUT2D eigenvalue weighted by atomic mass is 31.2. The summed E-state index contributed by atoms with van der Waals surface area (Å²) in [5, 5.41) is 0. The van der Waals surface area contributed by atoms with Crippen molar-refractivity contribution in [3.05, 3.63) is 35.9 Å². The number of hydrogen-bond donors (Lipinski definition) is 2. The predicted molar refractivity (Wildman–Crippen MR) is 74.6 cm³/mol. The Hall–Kier alpha value is -0.760. The van der Waals surface area contributed by atoms with Crippen LogP contribution in [0.1, 0.15) is 25.3 Å². The van der Waals surface area contributed by atoms with E-state index in [1.165, 1.54) is 11.5 Å². The first-order valence-corrected chi connectivity index (χ1v) is 7.97. The molecule has 1 rings (SSSR count). The van der Waals surface area contributed by atoms with Crippen molar-refractivity contribution in [3.8, 4) is 0 Å². The van der Waals surface area contributed by atoms with Crippen molar-refractivity contribution >= 4 is 13.7 Å². The number of aliphatic imine (C=N–C) groups is 1. The van der Waals surface area contributed by atoms with Crippen LogP contribution in [-0.2, 0) is 6.42 Å². The summed E-state index contributed by atoms with van der Waals surface area (Å²) in [6, 6.07) is 10.2. The van der Waals surface area contributed by atoms with Gasteiger partial charge in [0.1, 0.15) is 6.16 Å². The molecule has 0 atom stereocenters. The molecule has 0 unspecified atom stereocenters. The molecule has 0 radical (unpaired) electrons. The van der Waals surface area contributed by atoms with E-state index < -0.39 is 7.72 Å². The van der Waals surface area contributed by atoms with Crippen molar-refractivity contribution < 1.29 is 9.79 Å². The molecule has 0 spiro atoms. The van der Waals surface area contributed by atoms with Crippen molar-refractivity contribution in [2.45, 2.75) is 26.2 Å². The van der Waals surface area contributed by atoms with Gasteiger partial charge in [-0.15, -0.1) is 0 Å². The monoisotopic (exact) mass is 254 g/mol. The number of unbranched alkanes of at least 4 members (excludes halogenated alkanes) is 1. The zero-order valence-corrected chi connectivity index (χ0v) is 11.2. The third kappa shape index (κ3) is 6.52. The van der Waals surface area contributed by atoms with Gasteiger partial charge in [-0.3, -0.25) is 4.99 Å².